The van der Waals surface area contributed by atoms with Crippen LogP contribution in [-0.4, -0.2) is 11.6 Å². The molecule has 0 bridgehead atoms. The lowest BCUT2D eigenvalue weighted by Crippen LogP contribution is -2.05. The molecular formula is C20H14F2IN3O. The van der Waals surface area contributed by atoms with Crippen molar-refractivity contribution < 1.29 is 13.5 Å². The lowest BCUT2D eigenvalue weighted by atomic mass is 10.1. The molecule has 0 radical (unpaired) electrons. The van der Waals surface area contributed by atoms with Crippen LogP contribution < -0.4 is 10.1 Å². The first-order valence-corrected chi connectivity index (χ1v) is 9.12. The van der Waals surface area contributed by atoms with Gasteiger partial charge in [-0.2, -0.15) is 5.26 Å². The lowest BCUT2D eigenvalue weighted by molar-refractivity contribution is 0.319. The Kier molecular flexibility index (Phi) is 6.19. The SMILES string of the molecule is N#Cc1c(Nc2ccc(I)cc2F)cc(F)cc1OCCc1cccnc1. The van der Waals surface area contributed by atoms with E-state index in [9.17, 15) is 14.0 Å². The van der Waals surface area contributed by atoms with Crippen molar-refractivity contribution in [3.05, 3.63) is 81.2 Å². The van der Waals surface area contributed by atoms with E-state index in [1.807, 2.05) is 40.8 Å². The Balaban J connectivity index is 1.82. The molecule has 4 nitrogen and oxygen atoms in total. The molecule has 0 fully saturated rings. The Hall–Kier alpha value is -2.73. The van der Waals surface area contributed by atoms with Gasteiger partial charge in [0.05, 0.1) is 18.0 Å². The predicted octanol–water partition coefficient (Wildman–Crippen LogP) is 5.20. The number of ether oxygens (including phenoxy) is 1. The van der Waals surface area contributed by atoms with E-state index in [1.54, 1.807) is 18.5 Å². The fraction of sp³-hybridized carbons (Fsp3) is 0.100. The van der Waals surface area contributed by atoms with Crippen LogP contribution in [0.4, 0.5) is 20.2 Å². The topological polar surface area (TPSA) is 57.9 Å². The monoisotopic (exact) mass is 477 g/mol. The minimum Gasteiger partial charge on any atom is -0.492 e. The van der Waals surface area contributed by atoms with Crippen molar-refractivity contribution in [3.8, 4) is 11.8 Å². The molecule has 2 aromatic carbocycles. The molecule has 0 aliphatic heterocycles. The van der Waals surface area contributed by atoms with Crippen LogP contribution in [0.25, 0.3) is 0 Å². The van der Waals surface area contributed by atoms with Crippen molar-refractivity contribution in [2.45, 2.75) is 6.42 Å². The van der Waals surface area contributed by atoms with Gasteiger partial charge >= 0.3 is 0 Å². The normalized spacial score (nSPS) is 10.3. The lowest BCUT2D eigenvalue weighted by Gasteiger charge is -2.14. The Morgan fingerprint density at radius 1 is 1.15 bits per heavy atom. The number of pyridine rings is 1. The van der Waals surface area contributed by atoms with Crippen molar-refractivity contribution in [1.29, 1.82) is 5.26 Å². The van der Waals surface area contributed by atoms with E-state index in [2.05, 4.69) is 10.3 Å². The molecule has 3 rings (SSSR count). The molecule has 0 aliphatic carbocycles. The van der Waals surface area contributed by atoms with Crippen LogP contribution >= 0.6 is 22.6 Å². The fourth-order valence-electron chi connectivity index (χ4n) is 2.47. The standard InChI is InChI=1S/C20H14F2IN3O/c21-14-8-19(26-18-4-3-15(23)10-17(18)22)16(11-24)20(9-14)27-7-5-13-2-1-6-25-12-13/h1-4,6,8-10,12,26H,5,7H2. The zero-order valence-electron chi connectivity index (χ0n) is 14.0. The van der Waals surface area contributed by atoms with Gasteiger partial charge in [-0.1, -0.05) is 6.07 Å². The highest BCUT2D eigenvalue weighted by Gasteiger charge is 2.14. The highest BCUT2D eigenvalue weighted by molar-refractivity contribution is 14.1. The van der Waals surface area contributed by atoms with E-state index in [-0.39, 0.29) is 29.3 Å². The predicted molar refractivity (Wildman–Crippen MR) is 107 cm³/mol. The Bertz CT molecular complexity index is 991. The highest BCUT2D eigenvalue weighted by Crippen LogP contribution is 2.31. The number of rotatable bonds is 6. The number of halogens is 3. The summed E-state index contributed by atoms with van der Waals surface area (Å²) in [6, 6.07) is 12.6. The summed E-state index contributed by atoms with van der Waals surface area (Å²) >= 11 is 1.99. The number of nitriles is 1. The summed E-state index contributed by atoms with van der Waals surface area (Å²) < 4.78 is 34.5. The Morgan fingerprint density at radius 2 is 2.00 bits per heavy atom. The molecule has 27 heavy (non-hydrogen) atoms. The van der Waals surface area contributed by atoms with Crippen molar-refractivity contribution >= 4 is 34.0 Å². The molecule has 1 aromatic heterocycles. The Labute approximate surface area is 169 Å². The Morgan fingerprint density at radius 3 is 2.70 bits per heavy atom. The maximum Gasteiger partial charge on any atom is 0.147 e. The summed E-state index contributed by atoms with van der Waals surface area (Å²) in [5.41, 5.74) is 1.38. The van der Waals surface area contributed by atoms with Crippen LogP contribution in [0.1, 0.15) is 11.1 Å². The summed E-state index contributed by atoms with van der Waals surface area (Å²) in [5, 5.41) is 12.3. The largest absolute Gasteiger partial charge is 0.492 e. The van der Waals surface area contributed by atoms with Crippen molar-refractivity contribution in [1.82, 2.24) is 4.98 Å². The smallest absolute Gasteiger partial charge is 0.147 e. The van der Waals surface area contributed by atoms with E-state index in [0.29, 0.717) is 6.42 Å². The molecule has 3 aromatic rings. The molecule has 1 heterocycles. The van der Waals surface area contributed by atoms with E-state index in [1.165, 1.54) is 12.1 Å². The van der Waals surface area contributed by atoms with Gasteiger partial charge in [-0.3, -0.25) is 4.98 Å². The molecular weight excluding hydrogens is 463 g/mol. The number of aromatic nitrogens is 1. The van der Waals surface area contributed by atoms with Crippen LogP contribution in [0.15, 0.2) is 54.9 Å². The summed E-state index contributed by atoms with van der Waals surface area (Å²) in [6.07, 6.45) is 3.95. The number of benzene rings is 2. The van der Waals surface area contributed by atoms with E-state index >= 15 is 0 Å². The number of anilines is 2. The van der Waals surface area contributed by atoms with E-state index < -0.39 is 11.6 Å². The molecule has 0 saturated heterocycles. The van der Waals surface area contributed by atoms with Crippen molar-refractivity contribution in [2.75, 3.05) is 11.9 Å². The van der Waals surface area contributed by atoms with Gasteiger partial charge in [0.25, 0.3) is 0 Å². The molecule has 0 saturated carbocycles. The van der Waals surface area contributed by atoms with E-state index in [4.69, 9.17) is 4.74 Å². The van der Waals surface area contributed by atoms with Gasteiger partial charge < -0.3 is 10.1 Å². The molecule has 0 spiro atoms. The minimum atomic E-state index is -0.584. The van der Waals surface area contributed by atoms with Gasteiger partial charge in [0, 0.05) is 28.5 Å². The number of nitrogens with one attached hydrogen (secondary N) is 1. The maximum atomic E-state index is 14.1. The third-order valence-electron chi connectivity index (χ3n) is 3.75. The minimum absolute atomic E-state index is 0.106. The molecule has 7 heteroatoms. The van der Waals surface area contributed by atoms with Crippen LogP contribution in [0.3, 0.4) is 0 Å². The number of nitrogens with zero attached hydrogens (tertiary/aromatic N) is 2. The fourth-order valence-corrected chi connectivity index (χ4v) is 2.92. The first-order valence-electron chi connectivity index (χ1n) is 8.04. The zero-order chi connectivity index (χ0) is 19.2. The van der Waals surface area contributed by atoms with Crippen LogP contribution in [0.5, 0.6) is 5.75 Å². The van der Waals surface area contributed by atoms with Crippen LogP contribution in [0.2, 0.25) is 0 Å². The number of hydrogen-bond donors (Lipinski definition) is 1. The van der Waals surface area contributed by atoms with Gasteiger partial charge in [0.1, 0.15) is 29.0 Å². The average Bonchev–Trinajstić information content (AvgIpc) is 2.65. The summed E-state index contributed by atoms with van der Waals surface area (Å²) in [5.74, 6) is -0.970. The molecule has 0 aliphatic rings. The first-order chi connectivity index (χ1) is 13.1. The van der Waals surface area contributed by atoms with Crippen molar-refractivity contribution in [3.63, 3.8) is 0 Å². The van der Waals surface area contributed by atoms with Gasteiger partial charge in [-0.25, -0.2) is 8.78 Å². The van der Waals surface area contributed by atoms with Gasteiger partial charge in [-0.05, 0) is 58.5 Å². The third kappa shape index (κ3) is 4.92. The van der Waals surface area contributed by atoms with Gasteiger partial charge in [0.15, 0.2) is 0 Å². The average molecular weight is 477 g/mol. The van der Waals surface area contributed by atoms with Crippen molar-refractivity contribution in [2.24, 2.45) is 0 Å². The second-order valence-corrected chi connectivity index (χ2v) is 6.89. The maximum absolute atomic E-state index is 14.1. The summed E-state index contributed by atoms with van der Waals surface area (Å²) in [6.45, 7) is 0.251. The molecule has 0 amide bonds. The third-order valence-corrected chi connectivity index (χ3v) is 4.42. The van der Waals surface area contributed by atoms with Crippen LogP contribution in [-0.2, 0) is 6.42 Å². The summed E-state index contributed by atoms with van der Waals surface area (Å²) in [7, 11) is 0. The second-order valence-electron chi connectivity index (χ2n) is 5.65. The van der Waals surface area contributed by atoms with Gasteiger partial charge in [-0.15, -0.1) is 0 Å². The molecule has 1 N–H and O–H groups in total. The summed E-state index contributed by atoms with van der Waals surface area (Å²) in [4.78, 5) is 4.02. The second kappa shape index (κ2) is 8.77. The quantitative estimate of drug-likeness (QED) is 0.496. The highest BCUT2D eigenvalue weighted by atomic mass is 127. The molecule has 136 valence electrons. The number of hydrogen-bond acceptors (Lipinski definition) is 4. The van der Waals surface area contributed by atoms with E-state index in [0.717, 1.165) is 21.3 Å². The van der Waals surface area contributed by atoms with Gasteiger partial charge in [0.2, 0.25) is 0 Å². The zero-order valence-corrected chi connectivity index (χ0v) is 16.2. The first kappa shape index (κ1) is 19.0. The molecule has 0 unspecified atom stereocenters. The molecule has 0 atom stereocenters. The van der Waals surface area contributed by atoms with Crippen LogP contribution in [0, 0.1) is 26.5 Å².